The van der Waals surface area contributed by atoms with Gasteiger partial charge in [0.25, 0.3) is 0 Å². The lowest BCUT2D eigenvalue weighted by Crippen LogP contribution is -2.06. The fraction of sp³-hybridized carbons (Fsp3) is 0.125. The molecule has 0 saturated heterocycles. The number of amides is 1. The first kappa shape index (κ1) is 10.7. The number of hydrogen-bond acceptors (Lipinski definition) is 1. The Labute approximate surface area is 91.8 Å². The smallest absolute Gasteiger partial charge is 0.221 e. The Hall–Kier alpha value is -0.420. The van der Waals surface area contributed by atoms with Crippen LogP contribution in [-0.2, 0) is 4.79 Å². The van der Waals surface area contributed by atoms with Gasteiger partial charge in [-0.3, -0.25) is 4.79 Å². The minimum atomic E-state index is -0.418. The summed E-state index contributed by atoms with van der Waals surface area (Å²) in [7, 11) is 0. The molecular weight excluding hydrogens is 305 g/mol. The maximum Gasteiger partial charge on any atom is 0.221 e. The summed E-state index contributed by atoms with van der Waals surface area (Å²) in [5, 5.41) is 2.50. The number of carbonyl (C=O) groups excluding carboxylic acids is 1. The number of nitrogens with one attached hydrogen (secondary N) is 1. The van der Waals surface area contributed by atoms with E-state index in [4.69, 9.17) is 0 Å². The second-order valence-corrected chi connectivity index (χ2v) is 4.14. The van der Waals surface area contributed by atoms with Gasteiger partial charge in [0.15, 0.2) is 0 Å². The fourth-order valence-corrected chi connectivity index (χ4v) is 1.59. The molecule has 0 heterocycles. The van der Waals surface area contributed by atoms with Crippen LogP contribution in [0.15, 0.2) is 21.1 Å². The average Bonchev–Trinajstić information content (AvgIpc) is 1.98. The lowest BCUT2D eigenvalue weighted by molar-refractivity contribution is -0.114. The van der Waals surface area contributed by atoms with E-state index in [0.29, 0.717) is 10.2 Å². The van der Waals surface area contributed by atoms with Crippen LogP contribution in [0, 0.1) is 5.82 Å². The zero-order valence-electron chi connectivity index (χ0n) is 6.70. The Kier molecular flexibility index (Phi) is 3.44. The first-order valence-electron chi connectivity index (χ1n) is 3.43. The molecule has 1 amide bonds. The average molecular weight is 311 g/mol. The molecule has 13 heavy (non-hydrogen) atoms. The van der Waals surface area contributed by atoms with Crippen LogP contribution in [0.2, 0.25) is 0 Å². The van der Waals surface area contributed by atoms with Gasteiger partial charge in [-0.15, -0.1) is 0 Å². The van der Waals surface area contributed by atoms with Gasteiger partial charge < -0.3 is 5.32 Å². The van der Waals surface area contributed by atoms with E-state index >= 15 is 0 Å². The molecule has 0 bridgehead atoms. The van der Waals surface area contributed by atoms with Gasteiger partial charge in [0.2, 0.25) is 5.91 Å². The molecule has 0 aliphatic heterocycles. The topological polar surface area (TPSA) is 29.1 Å². The van der Waals surface area contributed by atoms with E-state index in [1.54, 1.807) is 6.07 Å². The minimum Gasteiger partial charge on any atom is -0.325 e. The summed E-state index contributed by atoms with van der Waals surface area (Å²) in [6, 6.07) is 2.93. The van der Waals surface area contributed by atoms with Crippen molar-refractivity contribution in [3.63, 3.8) is 0 Å². The zero-order chi connectivity index (χ0) is 10.0. The van der Waals surface area contributed by atoms with Gasteiger partial charge >= 0.3 is 0 Å². The normalized spacial score (nSPS) is 9.85. The summed E-state index contributed by atoms with van der Waals surface area (Å²) in [6.45, 7) is 1.37. The minimum absolute atomic E-state index is 0.238. The van der Waals surface area contributed by atoms with Crippen LogP contribution in [0.1, 0.15) is 6.92 Å². The van der Waals surface area contributed by atoms with E-state index in [2.05, 4.69) is 37.2 Å². The summed E-state index contributed by atoms with van der Waals surface area (Å²) in [6.07, 6.45) is 0. The van der Waals surface area contributed by atoms with Crippen molar-refractivity contribution in [2.75, 3.05) is 5.32 Å². The zero-order valence-corrected chi connectivity index (χ0v) is 9.87. The Morgan fingerprint density at radius 1 is 1.46 bits per heavy atom. The van der Waals surface area contributed by atoms with Gasteiger partial charge in [-0.2, -0.15) is 0 Å². The molecule has 0 aromatic heterocycles. The molecule has 2 nitrogen and oxygen atoms in total. The standard InChI is InChI=1S/C8H6Br2FNO/c1-4(13)12-7-3-5(9)2-6(11)8(7)10/h2-3H,1H3,(H,12,13). The van der Waals surface area contributed by atoms with Crippen molar-refractivity contribution in [3.8, 4) is 0 Å². The van der Waals surface area contributed by atoms with Crippen LogP contribution in [0.5, 0.6) is 0 Å². The van der Waals surface area contributed by atoms with Crippen molar-refractivity contribution in [1.29, 1.82) is 0 Å². The number of anilines is 1. The van der Waals surface area contributed by atoms with Gasteiger partial charge in [0.1, 0.15) is 5.82 Å². The summed E-state index contributed by atoms with van der Waals surface area (Å²) in [4.78, 5) is 10.7. The van der Waals surface area contributed by atoms with E-state index in [-0.39, 0.29) is 10.4 Å². The quantitative estimate of drug-likeness (QED) is 0.792. The highest BCUT2D eigenvalue weighted by Gasteiger charge is 2.08. The summed E-state index contributed by atoms with van der Waals surface area (Å²) < 4.78 is 13.9. The van der Waals surface area contributed by atoms with E-state index in [1.165, 1.54) is 13.0 Å². The van der Waals surface area contributed by atoms with Crippen LogP contribution in [0.4, 0.5) is 10.1 Å². The molecule has 0 unspecified atom stereocenters. The van der Waals surface area contributed by atoms with Crippen LogP contribution in [0.25, 0.3) is 0 Å². The van der Waals surface area contributed by atoms with E-state index in [9.17, 15) is 9.18 Å². The van der Waals surface area contributed by atoms with Crippen LogP contribution in [-0.4, -0.2) is 5.91 Å². The first-order valence-corrected chi connectivity index (χ1v) is 5.01. The van der Waals surface area contributed by atoms with Crippen molar-refractivity contribution < 1.29 is 9.18 Å². The molecule has 5 heteroatoms. The molecule has 1 aromatic rings. The van der Waals surface area contributed by atoms with E-state index in [1.807, 2.05) is 0 Å². The molecule has 0 atom stereocenters. The highest BCUT2D eigenvalue weighted by molar-refractivity contribution is 9.11. The van der Waals surface area contributed by atoms with Gasteiger partial charge in [-0.25, -0.2) is 4.39 Å². The Morgan fingerprint density at radius 2 is 2.08 bits per heavy atom. The molecular formula is C8H6Br2FNO. The van der Waals surface area contributed by atoms with Gasteiger partial charge in [0, 0.05) is 11.4 Å². The molecule has 0 radical (unpaired) electrons. The second kappa shape index (κ2) is 4.19. The summed E-state index contributed by atoms with van der Waals surface area (Å²) >= 11 is 6.16. The maximum absolute atomic E-state index is 13.1. The molecule has 0 aliphatic rings. The summed E-state index contributed by atoms with van der Waals surface area (Å²) in [5.41, 5.74) is 0.416. The lowest BCUT2D eigenvalue weighted by atomic mass is 10.3. The van der Waals surface area contributed by atoms with E-state index < -0.39 is 5.82 Å². The monoisotopic (exact) mass is 309 g/mol. The first-order chi connectivity index (χ1) is 6.00. The molecule has 70 valence electrons. The van der Waals surface area contributed by atoms with Gasteiger partial charge in [-0.05, 0) is 28.1 Å². The van der Waals surface area contributed by atoms with E-state index in [0.717, 1.165) is 0 Å². The number of benzene rings is 1. The second-order valence-electron chi connectivity index (χ2n) is 2.43. The molecule has 1 N–H and O–H groups in total. The number of halogens is 3. The number of hydrogen-bond donors (Lipinski definition) is 1. The highest BCUT2D eigenvalue weighted by atomic mass is 79.9. The lowest BCUT2D eigenvalue weighted by Gasteiger charge is -2.06. The number of carbonyl (C=O) groups is 1. The maximum atomic E-state index is 13.1. The predicted octanol–water partition coefficient (Wildman–Crippen LogP) is 3.31. The fourth-order valence-electron chi connectivity index (χ4n) is 0.837. The van der Waals surface area contributed by atoms with Crippen molar-refractivity contribution in [1.82, 2.24) is 0 Å². The van der Waals surface area contributed by atoms with Crippen molar-refractivity contribution in [2.24, 2.45) is 0 Å². The third-order valence-corrected chi connectivity index (χ3v) is 2.57. The third kappa shape index (κ3) is 2.77. The Bertz CT molecular complexity index is 354. The van der Waals surface area contributed by atoms with Crippen LogP contribution < -0.4 is 5.32 Å². The Balaban J connectivity index is 3.12. The van der Waals surface area contributed by atoms with Crippen molar-refractivity contribution >= 4 is 43.5 Å². The largest absolute Gasteiger partial charge is 0.325 e. The molecule has 0 fully saturated rings. The molecule has 1 rings (SSSR count). The molecule has 0 aliphatic carbocycles. The third-order valence-electron chi connectivity index (χ3n) is 1.30. The van der Waals surface area contributed by atoms with Crippen molar-refractivity contribution in [2.45, 2.75) is 6.92 Å². The molecule has 1 aromatic carbocycles. The molecule has 0 spiro atoms. The summed E-state index contributed by atoms with van der Waals surface area (Å²) in [5.74, 6) is -0.656. The Morgan fingerprint density at radius 3 is 2.62 bits per heavy atom. The molecule has 0 saturated carbocycles. The van der Waals surface area contributed by atoms with Crippen LogP contribution in [0.3, 0.4) is 0 Å². The SMILES string of the molecule is CC(=O)Nc1cc(Br)cc(F)c1Br. The van der Waals surface area contributed by atoms with Gasteiger partial charge in [-0.1, -0.05) is 15.9 Å². The van der Waals surface area contributed by atoms with Gasteiger partial charge in [0.05, 0.1) is 10.2 Å². The van der Waals surface area contributed by atoms with Crippen molar-refractivity contribution in [3.05, 3.63) is 26.9 Å². The highest BCUT2D eigenvalue weighted by Crippen LogP contribution is 2.29. The number of rotatable bonds is 1. The van der Waals surface area contributed by atoms with Crippen LogP contribution >= 0.6 is 31.9 Å². The predicted molar refractivity (Wildman–Crippen MR) is 56.1 cm³/mol.